The lowest BCUT2D eigenvalue weighted by Crippen LogP contribution is -2.57. The number of likely N-dealkylation sites (tertiary alicyclic amines) is 1. The van der Waals surface area contributed by atoms with Crippen LogP contribution >= 0.6 is 0 Å². The molecule has 0 bridgehead atoms. The van der Waals surface area contributed by atoms with E-state index >= 15 is 0 Å². The molecule has 6 heteroatoms. The number of amides is 3. The lowest BCUT2D eigenvalue weighted by atomic mass is 9.84. The van der Waals surface area contributed by atoms with Gasteiger partial charge >= 0.3 is 6.03 Å². The molecular formula is C22H27N3O3. The summed E-state index contributed by atoms with van der Waals surface area (Å²) in [7, 11) is 1.66. The summed E-state index contributed by atoms with van der Waals surface area (Å²) in [5.41, 5.74) is 1.05. The van der Waals surface area contributed by atoms with Crippen molar-refractivity contribution in [2.45, 2.75) is 24.8 Å². The van der Waals surface area contributed by atoms with E-state index in [0.29, 0.717) is 38.1 Å². The van der Waals surface area contributed by atoms with Gasteiger partial charge in [0.15, 0.2) is 0 Å². The maximum Gasteiger partial charge on any atom is 0.321 e. The van der Waals surface area contributed by atoms with Gasteiger partial charge in [-0.05, 0) is 43.5 Å². The SMILES string of the molecule is COCCC1(NC(=O)c2ccccc2)CCN(C(=O)Nc2ccccc2)CC1. The van der Waals surface area contributed by atoms with Crippen LogP contribution in [0.1, 0.15) is 29.6 Å². The molecule has 28 heavy (non-hydrogen) atoms. The van der Waals surface area contributed by atoms with E-state index in [0.717, 1.165) is 12.1 Å². The number of rotatable bonds is 6. The molecule has 6 nitrogen and oxygen atoms in total. The Kier molecular flexibility index (Phi) is 6.66. The van der Waals surface area contributed by atoms with E-state index < -0.39 is 0 Å². The van der Waals surface area contributed by atoms with Crippen LogP contribution in [0.25, 0.3) is 0 Å². The van der Waals surface area contributed by atoms with Crippen LogP contribution in [0.3, 0.4) is 0 Å². The summed E-state index contributed by atoms with van der Waals surface area (Å²) >= 11 is 0. The van der Waals surface area contributed by atoms with Crippen LogP contribution in [0.15, 0.2) is 60.7 Å². The average molecular weight is 381 g/mol. The summed E-state index contributed by atoms with van der Waals surface area (Å²) in [4.78, 5) is 27.0. The average Bonchev–Trinajstić information content (AvgIpc) is 2.74. The Morgan fingerprint density at radius 1 is 1.00 bits per heavy atom. The van der Waals surface area contributed by atoms with Gasteiger partial charge < -0.3 is 20.3 Å². The molecule has 0 spiro atoms. The number of nitrogens with zero attached hydrogens (tertiary/aromatic N) is 1. The number of benzene rings is 2. The number of ether oxygens (including phenoxy) is 1. The predicted molar refractivity (Wildman–Crippen MR) is 109 cm³/mol. The lowest BCUT2D eigenvalue weighted by molar-refractivity contribution is 0.0754. The molecule has 148 valence electrons. The van der Waals surface area contributed by atoms with E-state index in [1.54, 1.807) is 12.0 Å². The fourth-order valence-corrected chi connectivity index (χ4v) is 3.50. The Morgan fingerprint density at radius 2 is 1.61 bits per heavy atom. The van der Waals surface area contributed by atoms with Crippen LogP contribution in [-0.4, -0.2) is 49.2 Å². The fourth-order valence-electron chi connectivity index (χ4n) is 3.50. The highest BCUT2D eigenvalue weighted by atomic mass is 16.5. The number of nitrogens with one attached hydrogen (secondary N) is 2. The highest BCUT2D eigenvalue weighted by Crippen LogP contribution is 2.27. The van der Waals surface area contributed by atoms with Gasteiger partial charge in [0, 0.05) is 43.6 Å². The van der Waals surface area contributed by atoms with Crippen LogP contribution in [0.2, 0.25) is 0 Å². The molecule has 0 saturated carbocycles. The van der Waals surface area contributed by atoms with E-state index in [9.17, 15) is 9.59 Å². The molecule has 0 atom stereocenters. The molecule has 0 aliphatic carbocycles. The van der Waals surface area contributed by atoms with Crippen molar-refractivity contribution in [2.24, 2.45) is 0 Å². The van der Waals surface area contributed by atoms with Gasteiger partial charge in [0.05, 0.1) is 0 Å². The number of urea groups is 1. The number of para-hydroxylation sites is 1. The van der Waals surface area contributed by atoms with Crippen LogP contribution in [0.4, 0.5) is 10.5 Å². The second kappa shape index (κ2) is 9.37. The number of hydrogen-bond acceptors (Lipinski definition) is 3. The maximum absolute atomic E-state index is 12.7. The third kappa shape index (κ3) is 5.10. The Hall–Kier alpha value is -2.86. The van der Waals surface area contributed by atoms with E-state index in [4.69, 9.17) is 4.74 Å². The normalized spacial score (nSPS) is 15.7. The zero-order valence-corrected chi connectivity index (χ0v) is 16.2. The summed E-state index contributed by atoms with van der Waals surface area (Å²) in [6.45, 7) is 1.72. The van der Waals surface area contributed by atoms with Gasteiger partial charge in [0.25, 0.3) is 5.91 Å². The topological polar surface area (TPSA) is 70.7 Å². The molecule has 3 amide bonds. The van der Waals surface area contributed by atoms with Crippen molar-refractivity contribution in [1.29, 1.82) is 0 Å². The van der Waals surface area contributed by atoms with Gasteiger partial charge in [-0.1, -0.05) is 36.4 Å². The third-order valence-corrected chi connectivity index (χ3v) is 5.23. The molecule has 1 saturated heterocycles. The molecule has 3 rings (SSSR count). The van der Waals surface area contributed by atoms with Crippen LogP contribution in [-0.2, 0) is 4.74 Å². The summed E-state index contributed by atoms with van der Waals surface area (Å²) in [6.07, 6.45) is 2.10. The van der Waals surface area contributed by atoms with Crippen molar-refractivity contribution in [1.82, 2.24) is 10.2 Å². The van der Waals surface area contributed by atoms with Crippen molar-refractivity contribution < 1.29 is 14.3 Å². The smallest absolute Gasteiger partial charge is 0.321 e. The minimum absolute atomic E-state index is 0.0844. The Bertz CT molecular complexity index is 772. The lowest BCUT2D eigenvalue weighted by Gasteiger charge is -2.42. The first-order chi connectivity index (χ1) is 13.6. The quantitative estimate of drug-likeness (QED) is 0.804. The van der Waals surface area contributed by atoms with Crippen LogP contribution in [0, 0.1) is 0 Å². The standard InChI is InChI=1S/C22H27N3O3/c1-28-17-14-22(24-20(26)18-8-4-2-5-9-18)12-15-25(16-13-22)21(27)23-19-10-6-3-7-11-19/h2-11H,12-17H2,1H3,(H,23,27)(H,24,26). The van der Waals surface area contributed by atoms with Crippen molar-refractivity contribution >= 4 is 17.6 Å². The zero-order chi connectivity index (χ0) is 19.8. The zero-order valence-electron chi connectivity index (χ0n) is 16.2. The first kappa shape index (κ1) is 19.9. The summed E-state index contributed by atoms with van der Waals surface area (Å²) < 4.78 is 5.27. The third-order valence-electron chi connectivity index (χ3n) is 5.23. The van der Waals surface area contributed by atoms with E-state index in [1.807, 2.05) is 60.7 Å². The maximum atomic E-state index is 12.7. The predicted octanol–water partition coefficient (Wildman–Crippen LogP) is 3.52. The van der Waals surface area contributed by atoms with E-state index in [2.05, 4.69) is 10.6 Å². The Labute approximate surface area is 165 Å². The van der Waals surface area contributed by atoms with Gasteiger partial charge in [-0.25, -0.2) is 4.79 Å². The number of carbonyl (C=O) groups is 2. The highest BCUT2D eigenvalue weighted by molar-refractivity contribution is 5.94. The van der Waals surface area contributed by atoms with E-state index in [1.165, 1.54) is 0 Å². The number of methoxy groups -OCH3 is 1. The number of piperidine rings is 1. The second-order valence-corrected chi connectivity index (χ2v) is 7.13. The van der Waals surface area contributed by atoms with E-state index in [-0.39, 0.29) is 17.5 Å². The second-order valence-electron chi connectivity index (χ2n) is 7.13. The van der Waals surface area contributed by atoms with Crippen LogP contribution < -0.4 is 10.6 Å². The first-order valence-corrected chi connectivity index (χ1v) is 9.59. The molecule has 0 radical (unpaired) electrons. The van der Waals surface area contributed by atoms with Gasteiger partial charge in [-0.15, -0.1) is 0 Å². The monoisotopic (exact) mass is 381 g/mol. The molecule has 0 aromatic heterocycles. The minimum atomic E-state index is -0.369. The van der Waals surface area contributed by atoms with Crippen molar-refractivity contribution in [3.63, 3.8) is 0 Å². The first-order valence-electron chi connectivity index (χ1n) is 9.59. The highest BCUT2D eigenvalue weighted by Gasteiger charge is 2.37. The Balaban J connectivity index is 1.62. The molecule has 2 aromatic rings. The molecule has 1 heterocycles. The van der Waals surface area contributed by atoms with Crippen molar-refractivity contribution in [2.75, 3.05) is 32.1 Å². The van der Waals surface area contributed by atoms with Gasteiger partial charge in [0.2, 0.25) is 0 Å². The minimum Gasteiger partial charge on any atom is -0.385 e. The Morgan fingerprint density at radius 3 is 2.21 bits per heavy atom. The number of carbonyl (C=O) groups excluding carboxylic acids is 2. The summed E-state index contributed by atoms with van der Waals surface area (Å²) in [5.74, 6) is -0.0844. The number of hydrogen-bond donors (Lipinski definition) is 2. The largest absolute Gasteiger partial charge is 0.385 e. The molecule has 1 aliphatic rings. The molecule has 0 unspecified atom stereocenters. The summed E-state index contributed by atoms with van der Waals surface area (Å²) in [5, 5.41) is 6.14. The number of anilines is 1. The van der Waals surface area contributed by atoms with Crippen LogP contribution in [0.5, 0.6) is 0 Å². The van der Waals surface area contributed by atoms with Gasteiger partial charge in [0.1, 0.15) is 0 Å². The molecule has 2 N–H and O–H groups in total. The van der Waals surface area contributed by atoms with Crippen molar-refractivity contribution in [3.05, 3.63) is 66.2 Å². The molecule has 1 fully saturated rings. The molecular weight excluding hydrogens is 354 g/mol. The summed E-state index contributed by atoms with van der Waals surface area (Å²) in [6, 6.07) is 18.5. The molecule has 1 aliphatic heterocycles. The van der Waals surface area contributed by atoms with Gasteiger partial charge in [-0.3, -0.25) is 4.79 Å². The van der Waals surface area contributed by atoms with Crippen molar-refractivity contribution in [3.8, 4) is 0 Å². The van der Waals surface area contributed by atoms with Gasteiger partial charge in [-0.2, -0.15) is 0 Å². The fraction of sp³-hybridized carbons (Fsp3) is 0.364. The molecule has 2 aromatic carbocycles.